The van der Waals surface area contributed by atoms with E-state index >= 15 is 0 Å². The molecule has 0 aliphatic carbocycles. The summed E-state index contributed by atoms with van der Waals surface area (Å²) >= 11 is 0. The van der Waals surface area contributed by atoms with Gasteiger partial charge in [-0.1, -0.05) is 0 Å². The molecule has 1 aliphatic rings. The molecule has 1 aromatic carbocycles. The van der Waals surface area contributed by atoms with Crippen LogP contribution in [-0.4, -0.2) is 43.4 Å². The molecule has 0 N–H and O–H groups in total. The lowest BCUT2D eigenvalue weighted by molar-refractivity contribution is -0.0756. The Morgan fingerprint density at radius 3 is 2.27 bits per heavy atom. The highest BCUT2D eigenvalue weighted by Gasteiger charge is 2.52. The van der Waals surface area contributed by atoms with E-state index in [0.717, 1.165) is 5.06 Å². The van der Waals surface area contributed by atoms with Crippen LogP contribution in [0.5, 0.6) is 0 Å². The Bertz CT molecular complexity index is 575. The molecular formula is C15H21BFNO4. The van der Waals surface area contributed by atoms with Gasteiger partial charge in [0.15, 0.2) is 0 Å². The summed E-state index contributed by atoms with van der Waals surface area (Å²) in [5, 5.41) is 1.07. The number of carbonyl (C=O) groups is 1. The Balaban J connectivity index is 2.35. The lowest BCUT2D eigenvalue weighted by atomic mass is 9.78. The van der Waals surface area contributed by atoms with Crippen LogP contribution >= 0.6 is 0 Å². The Hall–Kier alpha value is -1.44. The summed E-state index contributed by atoms with van der Waals surface area (Å²) in [6, 6.07) is 4.08. The maximum Gasteiger partial charge on any atom is 0.497 e. The molecule has 1 amide bonds. The lowest BCUT2D eigenvalue weighted by Gasteiger charge is -2.32. The monoisotopic (exact) mass is 309 g/mol. The van der Waals surface area contributed by atoms with E-state index in [4.69, 9.17) is 14.1 Å². The van der Waals surface area contributed by atoms with Gasteiger partial charge in [0.05, 0.1) is 18.3 Å². The van der Waals surface area contributed by atoms with Crippen molar-refractivity contribution in [3.63, 3.8) is 0 Å². The molecule has 120 valence electrons. The first-order valence-corrected chi connectivity index (χ1v) is 7.06. The summed E-state index contributed by atoms with van der Waals surface area (Å²) in [5.74, 6) is -0.851. The van der Waals surface area contributed by atoms with Gasteiger partial charge >= 0.3 is 7.12 Å². The van der Waals surface area contributed by atoms with Gasteiger partial charge in [0.2, 0.25) is 0 Å². The van der Waals surface area contributed by atoms with Gasteiger partial charge < -0.3 is 9.31 Å². The lowest BCUT2D eigenvalue weighted by Crippen LogP contribution is -2.41. The molecular weight excluding hydrogens is 288 g/mol. The van der Waals surface area contributed by atoms with Crippen molar-refractivity contribution in [3.8, 4) is 0 Å². The highest BCUT2D eigenvalue weighted by molar-refractivity contribution is 6.62. The van der Waals surface area contributed by atoms with E-state index in [0.29, 0.717) is 5.56 Å². The van der Waals surface area contributed by atoms with Gasteiger partial charge in [0.25, 0.3) is 5.91 Å². The number of nitrogens with zero attached hydrogens (tertiary/aromatic N) is 1. The van der Waals surface area contributed by atoms with Crippen LogP contribution in [0, 0.1) is 5.82 Å². The zero-order chi connectivity index (χ0) is 16.7. The van der Waals surface area contributed by atoms with Gasteiger partial charge in [-0.3, -0.25) is 9.63 Å². The summed E-state index contributed by atoms with van der Waals surface area (Å²) in [6.45, 7) is 7.55. The fourth-order valence-corrected chi connectivity index (χ4v) is 2.09. The molecule has 0 aromatic heterocycles. The molecule has 2 rings (SSSR count). The van der Waals surface area contributed by atoms with Crippen LogP contribution in [0.2, 0.25) is 0 Å². The molecule has 0 atom stereocenters. The zero-order valence-corrected chi connectivity index (χ0v) is 13.8. The summed E-state index contributed by atoms with van der Waals surface area (Å²) in [5.41, 5.74) is -0.648. The first-order valence-electron chi connectivity index (χ1n) is 7.06. The van der Waals surface area contributed by atoms with Gasteiger partial charge in [-0.2, -0.15) is 0 Å². The molecule has 0 spiro atoms. The van der Waals surface area contributed by atoms with Crippen molar-refractivity contribution in [2.45, 2.75) is 38.9 Å². The largest absolute Gasteiger partial charge is 0.497 e. The third-order valence-corrected chi connectivity index (χ3v) is 4.31. The Labute approximate surface area is 130 Å². The quantitative estimate of drug-likeness (QED) is 0.630. The molecule has 1 heterocycles. The number of hydrogen-bond donors (Lipinski definition) is 0. The molecule has 0 bridgehead atoms. The predicted octanol–water partition coefficient (Wildman–Crippen LogP) is 1.76. The number of amides is 1. The van der Waals surface area contributed by atoms with E-state index in [1.54, 1.807) is 0 Å². The Morgan fingerprint density at radius 2 is 1.77 bits per heavy atom. The van der Waals surface area contributed by atoms with Crippen LogP contribution in [0.3, 0.4) is 0 Å². The molecule has 1 fully saturated rings. The normalized spacial score (nSPS) is 19.3. The van der Waals surface area contributed by atoms with Gasteiger partial charge in [0, 0.05) is 18.1 Å². The molecule has 1 saturated heterocycles. The molecule has 0 saturated carbocycles. The fourth-order valence-electron chi connectivity index (χ4n) is 2.09. The number of benzene rings is 1. The zero-order valence-electron chi connectivity index (χ0n) is 13.8. The van der Waals surface area contributed by atoms with Crippen LogP contribution in [0.4, 0.5) is 4.39 Å². The predicted molar refractivity (Wildman–Crippen MR) is 81.2 cm³/mol. The smallest absolute Gasteiger partial charge is 0.399 e. The minimum atomic E-state index is -0.856. The molecule has 1 aromatic rings. The van der Waals surface area contributed by atoms with E-state index in [2.05, 4.69) is 0 Å². The van der Waals surface area contributed by atoms with Crippen LogP contribution in [0.1, 0.15) is 38.1 Å². The second-order valence-corrected chi connectivity index (χ2v) is 6.31. The number of rotatable bonds is 3. The van der Waals surface area contributed by atoms with Gasteiger partial charge in [-0.25, -0.2) is 9.45 Å². The second kappa shape index (κ2) is 5.64. The Kier molecular flexibility index (Phi) is 4.34. The van der Waals surface area contributed by atoms with Crippen molar-refractivity contribution < 1.29 is 23.3 Å². The minimum absolute atomic E-state index is 0.203. The van der Waals surface area contributed by atoms with E-state index in [1.807, 2.05) is 27.7 Å². The van der Waals surface area contributed by atoms with Crippen molar-refractivity contribution in [2.75, 3.05) is 14.2 Å². The average molecular weight is 309 g/mol. The maximum atomic E-state index is 14.2. The minimum Gasteiger partial charge on any atom is -0.399 e. The number of hydrogen-bond acceptors (Lipinski definition) is 4. The molecule has 22 heavy (non-hydrogen) atoms. The SMILES string of the molecule is CON(C)C(=O)c1ccc(F)c(B2OC(C)(C)C(C)(C)O2)c1. The molecule has 1 aliphatic heterocycles. The molecule has 7 heteroatoms. The Morgan fingerprint density at radius 1 is 1.23 bits per heavy atom. The topological polar surface area (TPSA) is 48.0 Å². The fraction of sp³-hybridized carbons (Fsp3) is 0.533. The van der Waals surface area contributed by atoms with E-state index < -0.39 is 24.1 Å². The van der Waals surface area contributed by atoms with Crippen molar-refractivity contribution in [1.29, 1.82) is 0 Å². The van der Waals surface area contributed by atoms with E-state index in [1.165, 1.54) is 32.4 Å². The van der Waals surface area contributed by atoms with E-state index in [9.17, 15) is 9.18 Å². The van der Waals surface area contributed by atoms with Gasteiger partial charge in [-0.15, -0.1) is 0 Å². The van der Waals surface area contributed by atoms with Crippen LogP contribution in [0.25, 0.3) is 0 Å². The third kappa shape index (κ3) is 2.88. The average Bonchev–Trinajstić information content (AvgIpc) is 2.66. The first-order chi connectivity index (χ1) is 10.1. The molecule has 0 radical (unpaired) electrons. The van der Waals surface area contributed by atoms with Crippen LogP contribution in [-0.2, 0) is 14.1 Å². The van der Waals surface area contributed by atoms with Crippen molar-refractivity contribution in [2.24, 2.45) is 0 Å². The number of halogens is 1. The molecule has 0 unspecified atom stereocenters. The second-order valence-electron chi connectivity index (χ2n) is 6.31. The van der Waals surface area contributed by atoms with Crippen molar-refractivity contribution in [3.05, 3.63) is 29.6 Å². The number of carbonyl (C=O) groups excluding carboxylic acids is 1. The summed E-state index contributed by atoms with van der Waals surface area (Å²) in [4.78, 5) is 17.0. The maximum absolute atomic E-state index is 14.2. The third-order valence-electron chi connectivity index (χ3n) is 4.31. The van der Waals surface area contributed by atoms with Crippen molar-refractivity contribution in [1.82, 2.24) is 5.06 Å². The standard InChI is InChI=1S/C15H21BFNO4/c1-14(2)15(3,4)22-16(21-14)11-9-10(7-8-12(11)17)13(19)18(5)20-6/h7-9H,1-6H3. The van der Waals surface area contributed by atoms with E-state index in [-0.39, 0.29) is 11.4 Å². The summed E-state index contributed by atoms with van der Waals surface area (Å²) in [7, 11) is 2.02. The summed E-state index contributed by atoms with van der Waals surface area (Å²) < 4.78 is 25.8. The van der Waals surface area contributed by atoms with Gasteiger partial charge in [-0.05, 0) is 45.9 Å². The highest BCUT2D eigenvalue weighted by atomic mass is 19.1. The number of hydroxylamine groups is 2. The first kappa shape index (κ1) is 16.9. The van der Waals surface area contributed by atoms with Crippen LogP contribution in [0.15, 0.2) is 18.2 Å². The summed E-state index contributed by atoms with van der Waals surface area (Å²) in [6.07, 6.45) is 0. The van der Waals surface area contributed by atoms with Crippen molar-refractivity contribution >= 4 is 18.5 Å². The molecule has 5 nitrogen and oxygen atoms in total. The highest BCUT2D eigenvalue weighted by Crippen LogP contribution is 2.36. The van der Waals surface area contributed by atoms with Crippen LogP contribution < -0.4 is 5.46 Å². The van der Waals surface area contributed by atoms with Gasteiger partial charge in [0.1, 0.15) is 5.82 Å².